The van der Waals surface area contributed by atoms with Crippen molar-refractivity contribution in [1.29, 1.82) is 0 Å². The highest BCUT2D eigenvalue weighted by atomic mass is 32.1. The smallest absolute Gasteiger partial charge is 0.187 e. The van der Waals surface area contributed by atoms with E-state index in [1.807, 2.05) is 97.1 Å². The number of furan rings is 1. The zero-order valence-corrected chi connectivity index (χ0v) is 60.0. The average Bonchev–Trinajstić information content (AvgIpc) is 0.775. The third-order valence-corrected chi connectivity index (χ3v) is 21.9. The van der Waals surface area contributed by atoms with Gasteiger partial charge in [0.25, 0.3) is 0 Å². The first kappa shape index (κ1) is 65.2. The fraction of sp³-hybridized carbons (Fsp3) is 0.0202. The topological polar surface area (TPSA) is 83.9 Å². The van der Waals surface area contributed by atoms with E-state index in [1.165, 1.54) is 91.1 Å². The van der Waals surface area contributed by atoms with Gasteiger partial charge in [-0.05, 0) is 166 Å². The first-order valence-electron chi connectivity index (χ1n) is 36.0. The first-order valence-corrected chi connectivity index (χ1v) is 36.8. The van der Waals surface area contributed by atoms with Gasteiger partial charge in [-0.2, -0.15) is 0 Å². The van der Waals surface area contributed by atoms with Crippen LogP contribution >= 0.6 is 11.3 Å². The summed E-state index contributed by atoms with van der Waals surface area (Å²) in [6, 6.07) is 118. The summed E-state index contributed by atoms with van der Waals surface area (Å²) in [7, 11) is 3.31. The van der Waals surface area contributed by atoms with Crippen molar-refractivity contribution in [2.24, 2.45) is 0 Å². The van der Waals surface area contributed by atoms with Crippen LogP contribution in [-0.4, -0.2) is 33.7 Å². The summed E-state index contributed by atoms with van der Waals surface area (Å²) in [5.41, 5.74) is 19.9. The van der Waals surface area contributed by atoms with Crippen LogP contribution in [0.1, 0.15) is 0 Å². The summed E-state index contributed by atoms with van der Waals surface area (Å²) < 4.78 is 21.7. The summed E-state index contributed by atoms with van der Waals surface area (Å²) in [5, 5.41) is 16.4. The number of nitrogens with zero attached hydrogens (tertiary/aromatic N) is 6. The van der Waals surface area contributed by atoms with Crippen LogP contribution in [0.2, 0.25) is 0 Å². The molecule has 0 saturated carbocycles. The minimum atomic E-state index is 0.606. The van der Waals surface area contributed by atoms with E-state index in [1.54, 1.807) is 25.6 Å². The molecule has 0 bridgehead atoms. The van der Waals surface area contributed by atoms with Crippen molar-refractivity contribution in [3.8, 4) is 84.5 Å². The lowest BCUT2D eigenvalue weighted by molar-refractivity contribution is 0.415. The predicted molar refractivity (Wildman–Crippen MR) is 453 cm³/mol. The molecule has 21 rings (SSSR count). The second-order valence-electron chi connectivity index (χ2n) is 27.0. The molecule has 0 radical (unpaired) electrons. The van der Waals surface area contributed by atoms with E-state index < -0.39 is 0 Å². The quantitative estimate of drug-likeness (QED) is 0.106. The molecule has 9 nitrogen and oxygen atoms in total. The third kappa shape index (κ3) is 11.7. The molecule has 16 aromatic carbocycles. The van der Waals surface area contributed by atoms with Gasteiger partial charge in [0.15, 0.2) is 11.4 Å². The van der Waals surface area contributed by atoms with E-state index in [0.29, 0.717) is 11.4 Å². The zero-order valence-electron chi connectivity index (χ0n) is 59.1. The van der Waals surface area contributed by atoms with Crippen molar-refractivity contribution in [2.75, 3.05) is 14.2 Å². The molecule has 0 spiro atoms. The zero-order chi connectivity index (χ0) is 73.1. The molecule has 0 fully saturated rings. The average molecular weight is 1420 g/mol. The summed E-state index contributed by atoms with van der Waals surface area (Å²) in [6.45, 7) is 14.3. The Kier molecular flexibility index (Phi) is 16.5. The molecule has 0 aliphatic rings. The van der Waals surface area contributed by atoms with Gasteiger partial charge in [0, 0.05) is 59.7 Å². The third-order valence-electron chi connectivity index (χ3n) is 20.7. The number of benzene rings is 16. The van der Waals surface area contributed by atoms with Crippen LogP contribution < -0.4 is 9.47 Å². The SMILES string of the molecule is [C-]#[N+]c1ccc(-c2nc3cc(OC)ccc3c3oc4ccccc4c23)cc1.[C-]#[N+]c1ccc(-c2nc3cc(OC)ccc3c3sc4ccccc4c23)cc1.c1ccc(-n2c(-c3ccc(-c4ccc5c(-c6ccc7ccccc7c6)c6ccccc6c(-c6ccc7ccccc7c6)c5c4)cc3)nc3ccccc32)cc1. The van der Waals surface area contributed by atoms with Gasteiger partial charge in [0.05, 0.1) is 66.2 Å². The number of ether oxygens (including phenoxy) is 2. The number of para-hydroxylation sites is 4. The van der Waals surface area contributed by atoms with E-state index in [2.05, 4.69) is 257 Å². The minimum Gasteiger partial charge on any atom is -0.497 e. The molecule has 5 aromatic heterocycles. The van der Waals surface area contributed by atoms with Crippen LogP contribution in [0.3, 0.4) is 0 Å². The Morgan fingerprint density at radius 2 is 0.817 bits per heavy atom. The Morgan fingerprint density at radius 1 is 0.339 bits per heavy atom. The van der Waals surface area contributed by atoms with Crippen LogP contribution in [0.25, 0.3) is 201 Å². The molecule has 10 heteroatoms. The van der Waals surface area contributed by atoms with Gasteiger partial charge in [0.2, 0.25) is 0 Å². The van der Waals surface area contributed by atoms with Gasteiger partial charge in [-0.15, -0.1) is 11.3 Å². The second-order valence-corrected chi connectivity index (χ2v) is 28.0. The Morgan fingerprint density at radius 3 is 1.45 bits per heavy atom. The lowest BCUT2D eigenvalue weighted by atomic mass is 9.84. The molecule has 5 heterocycles. The molecule has 512 valence electrons. The van der Waals surface area contributed by atoms with Crippen molar-refractivity contribution in [1.82, 2.24) is 19.5 Å². The van der Waals surface area contributed by atoms with Crippen LogP contribution in [0.4, 0.5) is 11.4 Å². The van der Waals surface area contributed by atoms with Gasteiger partial charge in [-0.1, -0.05) is 249 Å². The van der Waals surface area contributed by atoms with Crippen molar-refractivity contribution >= 4 is 141 Å². The molecule has 0 unspecified atom stereocenters. The fourth-order valence-corrected chi connectivity index (χ4v) is 16.7. The van der Waals surface area contributed by atoms with Crippen molar-refractivity contribution < 1.29 is 13.9 Å². The number of hydrogen-bond donors (Lipinski definition) is 0. The number of pyridine rings is 2. The highest BCUT2D eigenvalue weighted by Gasteiger charge is 2.23. The van der Waals surface area contributed by atoms with Gasteiger partial charge in [0.1, 0.15) is 28.5 Å². The van der Waals surface area contributed by atoms with Gasteiger partial charge >= 0.3 is 0 Å². The van der Waals surface area contributed by atoms with Gasteiger partial charge in [-0.25, -0.2) is 24.6 Å². The number of hydrogen-bond acceptors (Lipinski definition) is 7. The van der Waals surface area contributed by atoms with Crippen LogP contribution in [0, 0.1) is 13.1 Å². The first-order chi connectivity index (χ1) is 53.8. The van der Waals surface area contributed by atoms with Crippen LogP contribution in [0.15, 0.2) is 344 Å². The predicted octanol–water partition coefficient (Wildman–Crippen LogP) is 27.5. The molecule has 0 N–H and O–H groups in total. The van der Waals surface area contributed by atoms with Crippen molar-refractivity contribution in [3.63, 3.8) is 0 Å². The molecule has 0 aliphatic heterocycles. The molecule has 0 aliphatic carbocycles. The standard InChI is InChI=1S/C53H34N2.C23H14N2O2.C23H14N2OS/c1-2-16-44(17-3-1)55-50-21-11-10-20-49(50)54-53(55)38-26-22-37(23-27-38)41-30-31-47-48(34-41)52(43-29-25-36-13-5-7-15-40(36)33-43)46-19-9-8-18-45(46)51(47)42-28-24-35-12-4-6-14-39(35)32-42;2*1-24-15-9-7-14(8-10-15)22-21-18-5-3-4-6-20(18)27-23(21)17-12-11-16(26-2)13-19(17)25-22/h1-34H;2*3-13H,2H3. The molecule has 0 saturated heterocycles. The van der Waals surface area contributed by atoms with E-state index in [-0.39, 0.29) is 0 Å². The number of methoxy groups -OCH3 is 2. The molecule has 0 amide bonds. The van der Waals surface area contributed by atoms with E-state index in [4.69, 9.17) is 42.0 Å². The van der Waals surface area contributed by atoms with E-state index in [0.717, 1.165) is 111 Å². The fourth-order valence-electron chi connectivity index (χ4n) is 15.5. The highest BCUT2D eigenvalue weighted by molar-refractivity contribution is 7.26. The van der Waals surface area contributed by atoms with Gasteiger partial charge in [-0.3, -0.25) is 4.57 Å². The van der Waals surface area contributed by atoms with E-state index >= 15 is 0 Å². The maximum atomic E-state index is 7.18. The molecular weight excluding hydrogens is 1350 g/mol. The van der Waals surface area contributed by atoms with E-state index in [9.17, 15) is 0 Å². The summed E-state index contributed by atoms with van der Waals surface area (Å²) >= 11 is 1.79. The lowest BCUT2D eigenvalue weighted by Crippen LogP contribution is -1.97. The monoisotopic (exact) mass is 1410 g/mol. The number of fused-ring (bicyclic) bond motifs is 15. The summed E-state index contributed by atoms with van der Waals surface area (Å²) in [4.78, 5) is 22.0. The van der Waals surface area contributed by atoms with Crippen LogP contribution in [0.5, 0.6) is 11.5 Å². The Balaban J connectivity index is 0.000000124. The number of thiophene rings is 1. The largest absolute Gasteiger partial charge is 0.497 e. The highest BCUT2D eigenvalue weighted by Crippen LogP contribution is 2.48. The minimum absolute atomic E-state index is 0.606. The summed E-state index contributed by atoms with van der Waals surface area (Å²) in [5.74, 6) is 2.48. The van der Waals surface area contributed by atoms with Crippen molar-refractivity contribution in [2.45, 2.75) is 0 Å². The Hall–Kier alpha value is -14.6. The maximum absolute atomic E-state index is 7.18. The molecule has 21 aromatic rings. The second kappa shape index (κ2) is 27.5. The summed E-state index contributed by atoms with van der Waals surface area (Å²) in [6.07, 6.45) is 0. The van der Waals surface area contributed by atoms with Crippen molar-refractivity contribution in [3.05, 3.63) is 363 Å². The normalized spacial score (nSPS) is 11.4. The maximum Gasteiger partial charge on any atom is 0.187 e. The number of aromatic nitrogens is 4. The lowest BCUT2D eigenvalue weighted by Gasteiger charge is -2.19. The molecule has 109 heavy (non-hydrogen) atoms. The van der Waals surface area contributed by atoms with Gasteiger partial charge < -0.3 is 13.9 Å². The Bertz CT molecular complexity index is 7060. The number of rotatable bonds is 9. The Labute approximate surface area is 631 Å². The number of imidazole rings is 1. The van der Waals surface area contributed by atoms with Crippen LogP contribution in [-0.2, 0) is 0 Å². The molecular formula is C99H62N6O3S. The molecule has 0 atom stereocenters.